The van der Waals surface area contributed by atoms with Crippen molar-refractivity contribution in [3.63, 3.8) is 0 Å². The van der Waals surface area contributed by atoms with Gasteiger partial charge < -0.3 is 10.1 Å². The maximum absolute atomic E-state index is 11.1. The van der Waals surface area contributed by atoms with Crippen LogP contribution in [0.25, 0.3) is 5.65 Å². The minimum Gasteiger partial charge on any atom is -0.465 e. The number of carbonyl (C=O) groups excluding carboxylic acids is 1. The van der Waals surface area contributed by atoms with Gasteiger partial charge in [0.2, 0.25) is 0 Å². The lowest BCUT2D eigenvalue weighted by molar-refractivity contribution is -0.140. The Morgan fingerprint density at radius 2 is 2.44 bits per heavy atom. The molecule has 2 heterocycles. The second kappa shape index (κ2) is 4.51. The number of carbonyl (C=O) groups is 1. The average Bonchev–Trinajstić information content (AvgIpc) is 2.74. The highest BCUT2D eigenvalue weighted by molar-refractivity contribution is 5.74. The van der Waals surface area contributed by atoms with Crippen LogP contribution < -0.4 is 5.32 Å². The zero-order valence-electron chi connectivity index (χ0n) is 8.62. The summed E-state index contributed by atoms with van der Waals surface area (Å²) in [7, 11) is 0. The van der Waals surface area contributed by atoms with Crippen LogP contribution in [0.5, 0.6) is 0 Å². The molecule has 1 N–H and O–H groups in total. The van der Waals surface area contributed by atoms with Gasteiger partial charge in [0.25, 0.3) is 0 Å². The fourth-order valence-electron chi connectivity index (χ4n) is 1.12. The highest BCUT2D eigenvalue weighted by Gasteiger charge is 2.03. The van der Waals surface area contributed by atoms with E-state index in [0.29, 0.717) is 18.1 Å². The number of esters is 1. The van der Waals surface area contributed by atoms with E-state index in [1.807, 2.05) is 0 Å². The van der Waals surface area contributed by atoms with Gasteiger partial charge in [-0.25, -0.2) is 0 Å². The lowest BCUT2D eigenvalue weighted by atomic mass is 10.5. The van der Waals surface area contributed by atoms with E-state index >= 15 is 0 Å². The molecule has 84 valence electrons. The van der Waals surface area contributed by atoms with E-state index in [-0.39, 0.29) is 12.5 Å². The predicted octanol–water partition coefficient (Wildman–Crippen LogP) is -0.506. The van der Waals surface area contributed by atoms with Gasteiger partial charge in [0, 0.05) is 0 Å². The summed E-state index contributed by atoms with van der Waals surface area (Å²) < 4.78 is 6.03. The Bertz CT molecular complexity index is 496. The normalized spacial score (nSPS) is 10.3. The molecule has 0 aliphatic heterocycles. The van der Waals surface area contributed by atoms with Crippen LogP contribution in [-0.4, -0.2) is 44.4 Å². The minimum atomic E-state index is -0.332. The summed E-state index contributed by atoms with van der Waals surface area (Å²) in [5.41, 5.74) is 0.543. The second-order valence-electron chi connectivity index (χ2n) is 2.90. The summed E-state index contributed by atoms with van der Waals surface area (Å²) in [4.78, 5) is 11.1. The van der Waals surface area contributed by atoms with Crippen molar-refractivity contribution in [2.45, 2.75) is 6.92 Å². The molecule has 0 aliphatic carbocycles. The molecule has 0 radical (unpaired) electrons. The molecule has 2 aromatic rings. The first-order chi connectivity index (χ1) is 7.79. The van der Waals surface area contributed by atoms with Gasteiger partial charge in [-0.3, -0.25) is 4.79 Å². The van der Waals surface area contributed by atoms with Crippen LogP contribution in [0.2, 0.25) is 0 Å². The number of tetrazole rings is 1. The first-order valence-corrected chi connectivity index (χ1v) is 4.74. The topological polar surface area (TPSA) is 94.3 Å². The molecule has 0 bridgehead atoms. The van der Waals surface area contributed by atoms with Gasteiger partial charge in [0.1, 0.15) is 12.4 Å². The lowest BCUT2D eigenvalue weighted by Gasteiger charge is -2.04. The second-order valence-corrected chi connectivity index (χ2v) is 2.90. The molecule has 0 amide bonds. The number of nitrogens with zero attached hydrogens (tertiary/aromatic N) is 5. The molecule has 0 aromatic carbocycles. The minimum absolute atomic E-state index is 0.0640. The van der Waals surface area contributed by atoms with Crippen molar-refractivity contribution in [3.05, 3.63) is 12.1 Å². The average molecular weight is 222 g/mol. The molecule has 8 nitrogen and oxygen atoms in total. The molecule has 0 saturated carbocycles. The molecule has 0 saturated heterocycles. The van der Waals surface area contributed by atoms with E-state index in [0.717, 1.165) is 0 Å². The summed E-state index contributed by atoms with van der Waals surface area (Å²) >= 11 is 0. The highest BCUT2D eigenvalue weighted by Crippen LogP contribution is 2.02. The molecule has 0 aliphatic rings. The Labute approximate surface area is 90.6 Å². The Hall–Kier alpha value is -2.25. The largest absolute Gasteiger partial charge is 0.465 e. The van der Waals surface area contributed by atoms with Crippen LogP contribution >= 0.6 is 0 Å². The smallest absolute Gasteiger partial charge is 0.325 e. The Kier molecular flexibility index (Phi) is 2.90. The Morgan fingerprint density at radius 3 is 3.25 bits per heavy atom. The first kappa shape index (κ1) is 10.3. The summed E-state index contributed by atoms with van der Waals surface area (Å²) in [6, 6.07) is 3.38. The number of nitrogens with one attached hydrogen (secondary N) is 1. The fourth-order valence-corrected chi connectivity index (χ4v) is 1.12. The summed E-state index contributed by atoms with van der Waals surface area (Å²) in [5, 5.41) is 17.6. The van der Waals surface area contributed by atoms with E-state index in [9.17, 15) is 4.79 Å². The van der Waals surface area contributed by atoms with Crippen LogP contribution in [0.3, 0.4) is 0 Å². The van der Waals surface area contributed by atoms with E-state index < -0.39 is 0 Å². The number of ether oxygens (including phenoxy) is 1. The van der Waals surface area contributed by atoms with Crippen molar-refractivity contribution in [3.8, 4) is 0 Å². The van der Waals surface area contributed by atoms with Crippen LogP contribution in [0.1, 0.15) is 6.92 Å². The third-order valence-electron chi connectivity index (χ3n) is 1.79. The van der Waals surface area contributed by atoms with Crippen molar-refractivity contribution in [2.24, 2.45) is 0 Å². The zero-order chi connectivity index (χ0) is 11.4. The Balaban J connectivity index is 2.01. The number of rotatable bonds is 4. The van der Waals surface area contributed by atoms with Gasteiger partial charge in [-0.05, 0) is 29.5 Å². The number of hydrogen-bond acceptors (Lipinski definition) is 7. The van der Waals surface area contributed by atoms with Gasteiger partial charge in [0.15, 0.2) is 5.65 Å². The SMILES string of the molecule is CCOC(=O)CNc1ccc2nnnn2n1. The quantitative estimate of drug-likeness (QED) is 0.696. The molecule has 16 heavy (non-hydrogen) atoms. The van der Waals surface area contributed by atoms with Crippen molar-refractivity contribution in [1.29, 1.82) is 0 Å². The molecule has 0 atom stereocenters. The summed E-state index contributed by atoms with van der Waals surface area (Å²) in [6.07, 6.45) is 0. The number of aromatic nitrogens is 5. The van der Waals surface area contributed by atoms with Gasteiger partial charge in [-0.2, -0.15) is 0 Å². The monoisotopic (exact) mass is 222 g/mol. The maximum Gasteiger partial charge on any atom is 0.325 e. The molecule has 0 spiro atoms. The zero-order valence-corrected chi connectivity index (χ0v) is 8.62. The van der Waals surface area contributed by atoms with Crippen molar-refractivity contribution in [1.82, 2.24) is 25.3 Å². The van der Waals surface area contributed by atoms with Crippen molar-refractivity contribution < 1.29 is 9.53 Å². The third kappa shape index (κ3) is 2.22. The third-order valence-corrected chi connectivity index (χ3v) is 1.79. The van der Waals surface area contributed by atoms with Gasteiger partial charge in [0.05, 0.1) is 6.61 Å². The van der Waals surface area contributed by atoms with Gasteiger partial charge >= 0.3 is 5.97 Å². The lowest BCUT2D eigenvalue weighted by Crippen LogP contribution is -2.17. The summed E-state index contributed by atoms with van der Waals surface area (Å²) in [6.45, 7) is 2.18. The fraction of sp³-hybridized carbons (Fsp3) is 0.375. The standard InChI is InChI=1S/C8H10N6O2/c1-2-16-8(15)5-9-6-3-4-7-10-12-13-14(7)11-6/h3-4H,2,5H2,1H3,(H,9,11). The highest BCUT2D eigenvalue weighted by atomic mass is 16.5. The number of fused-ring (bicyclic) bond motifs is 1. The van der Waals surface area contributed by atoms with Crippen LogP contribution in [0.15, 0.2) is 12.1 Å². The molecular weight excluding hydrogens is 212 g/mol. The number of hydrogen-bond donors (Lipinski definition) is 1. The van der Waals surface area contributed by atoms with Gasteiger partial charge in [-0.1, -0.05) is 0 Å². The molecular formula is C8H10N6O2. The molecule has 0 unspecified atom stereocenters. The van der Waals surface area contributed by atoms with Crippen LogP contribution in [0.4, 0.5) is 5.82 Å². The van der Waals surface area contributed by atoms with E-state index in [2.05, 4.69) is 25.9 Å². The maximum atomic E-state index is 11.1. The summed E-state index contributed by atoms with van der Waals surface area (Å²) in [5.74, 6) is 0.175. The van der Waals surface area contributed by atoms with Crippen LogP contribution in [0, 0.1) is 0 Å². The predicted molar refractivity (Wildman–Crippen MR) is 53.7 cm³/mol. The van der Waals surface area contributed by atoms with E-state index in [1.54, 1.807) is 19.1 Å². The van der Waals surface area contributed by atoms with Crippen molar-refractivity contribution in [2.75, 3.05) is 18.5 Å². The molecule has 2 aromatic heterocycles. The van der Waals surface area contributed by atoms with E-state index in [1.165, 1.54) is 4.63 Å². The van der Waals surface area contributed by atoms with Crippen molar-refractivity contribution >= 4 is 17.4 Å². The molecule has 8 heteroatoms. The first-order valence-electron chi connectivity index (χ1n) is 4.74. The molecule has 0 fully saturated rings. The Morgan fingerprint density at radius 1 is 1.56 bits per heavy atom. The number of anilines is 1. The van der Waals surface area contributed by atoms with Gasteiger partial charge in [-0.15, -0.1) is 14.8 Å². The van der Waals surface area contributed by atoms with E-state index in [4.69, 9.17) is 4.74 Å². The van der Waals surface area contributed by atoms with Crippen LogP contribution in [-0.2, 0) is 9.53 Å². The molecule has 2 rings (SSSR count).